The van der Waals surface area contributed by atoms with Crippen LogP contribution in [-0.2, 0) is 4.79 Å². The monoisotopic (exact) mass is 252 g/mol. The summed E-state index contributed by atoms with van der Waals surface area (Å²) in [5.74, 6) is 1.85. The summed E-state index contributed by atoms with van der Waals surface area (Å²) >= 11 is 0. The van der Waals surface area contributed by atoms with E-state index in [1.807, 2.05) is 4.90 Å². The van der Waals surface area contributed by atoms with E-state index in [1.165, 1.54) is 19.3 Å². The summed E-state index contributed by atoms with van der Waals surface area (Å²) in [6.07, 6.45) is 6.92. The van der Waals surface area contributed by atoms with Gasteiger partial charge in [-0.05, 0) is 50.9 Å². The van der Waals surface area contributed by atoms with Gasteiger partial charge >= 0.3 is 0 Å². The number of fused-ring (bicyclic) bond motifs is 2. The average Bonchev–Trinajstić information content (AvgIpc) is 2.35. The first kappa shape index (κ1) is 13.9. The van der Waals surface area contributed by atoms with Crippen LogP contribution in [0, 0.1) is 17.8 Å². The molecular weight excluding hydrogens is 224 g/mol. The molecule has 0 aromatic heterocycles. The van der Waals surface area contributed by atoms with Crippen LogP contribution in [0.3, 0.4) is 0 Å². The quantitative estimate of drug-likeness (QED) is 0.835. The van der Waals surface area contributed by atoms with Crippen LogP contribution in [0.1, 0.15) is 52.4 Å². The molecule has 2 unspecified atom stereocenters. The van der Waals surface area contributed by atoms with E-state index >= 15 is 0 Å². The van der Waals surface area contributed by atoms with Gasteiger partial charge in [0.1, 0.15) is 0 Å². The number of hydrogen-bond acceptors (Lipinski definition) is 2. The van der Waals surface area contributed by atoms with E-state index in [2.05, 4.69) is 13.8 Å². The number of nitrogens with zero attached hydrogens (tertiary/aromatic N) is 1. The van der Waals surface area contributed by atoms with E-state index in [0.29, 0.717) is 23.8 Å². The van der Waals surface area contributed by atoms with Crippen LogP contribution in [0.2, 0.25) is 0 Å². The number of nitrogens with two attached hydrogens (primary N) is 1. The molecule has 2 rings (SSSR count). The van der Waals surface area contributed by atoms with Gasteiger partial charge in [-0.3, -0.25) is 4.79 Å². The lowest BCUT2D eigenvalue weighted by molar-refractivity contribution is -0.138. The zero-order valence-electron chi connectivity index (χ0n) is 11.9. The largest absolute Gasteiger partial charge is 0.343 e. The summed E-state index contributed by atoms with van der Waals surface area (Å²) in [7, 11) is 0. The average molecular weight is 252 g/mol. The second-order valence-electron chi connectivity index (χ2n) is 6.11. The van der Waals surface area contributed by atoms with Crippen molar-refractivity contribution in [3.63, 3.8) is 0 Å². The molecular formula is C15H28N2O. The van der Waals surface area contributed by atoms with Crippen molar-refractivity contribution < 1.29 is 4.79 Å². The Morgan fingerprint density at radius 2 is 1.83 bits per heavy atom. The summed E-state index contributed by atoms with van der Waals surface area (Å²) in [4.78, 5) is 14.6. The maximum absolute atomic E-state index is 12.5. The van der Waals surface area contributed by atoms with Crippen molar-refractivity contribution in [3.8, 4) is 0 Å². The predicted molar refractivity (Wildman–Crippen MR) is 74.1 cm³/mol. The van der Waals surface area contributed by atoms with Gasteiger partial charge in [-0.2, -0.15) is 0 Å². The number of carbonyl (C=O) groups excluding carboxylic acids is 1. The summed E-state index contributed by atoms with van der Waals surface area (Å²) in [6, 6.07) is 0.365. The highest BCUT2D eigenvalue weighted by Crippen LogP contribution is 2.42. The molecule has 104 valence electrons. The van der Waals surface area contributed by atoms with Gasteiger partial charge in [0.25, 0.3) is 0 Å². The lowest BCUT2D eigenvalue weighted by Crippen LogP contribution is -2.49. The number of rotatable bonds is 4. The highest BCUT2D eigenvalue weighted by atomic mass is 16.2. The minimum atomic E-state index is 0.256. The van der Waals surface area contributed by atoms with Crippen LogP contribution >= 0.6 is 0 Å². The first-order valence-corrected chi connectivity index (χ1v) is 7.71. The maximum Gasteiger partial charge on any atom is 0.225 e. The molecule has 2 N–H and O–H groups in total. The van der Waals surface area contributed by atoms with Crippen LogP contribution in [0.25, 0.3) is 0 Å². The Kier molecular flexibility index (Phi) is 4.66. The lowest BCUT2D eigenvalue weighted by atomic mass is 9.65. The van der Waals surface area contributed by atoms with E-state index in [0.717, 1.165) is 32.4 Å². The highest BCUT2D eigenvalue weighted by Gasteiger charge is 2.41. The molecule has 3 heteroatoms. The standard InChI is InChI=1S/C15H28N2O/c1-3-8-17(4-2)15(18)13-9-11-6-5-7-12(10-13)14(11)16/h11-14H,3-10,16H2,1-2H3. The van der Waals surface area contributed by atoms with Gasteiger partial charge < -0.3 is 10.6 Å². The first-order valence-electron chi connectivity index (χ1n) is 7.71. The van der Waals surface area contributed by atoms with Crippen LogP contribution in [0.5, 0.6) is 0 Å². The minimum Gasteiger partial charge on any atom is -0.343 e. The fraction of sp³-hybridized carbons (Fsp3) is 0.933. The SMILES string of the molecule is CCCN(CC)C(=O)C1CC2CCCC(C1)C2N. The summed E-state index contributed by atoms with van der Waals surface area (Å²) in [5.41, 5.74) is 6.29. The summed E-state index contributed by atoms with van der Waals surface area (Å²) in [6.45, 7) is 5.99. The molecule has 2 bridgehead atoms. The number of carbonyl (C=O) groups is 1. The third-order valence-corrected chi connectivity index (χ3v) is 4.95. The maximum atomic E-state index is 12.5. The van der Waals surface area contributed by atoms with Gasteiger partial charge in [0.05, 0.1) is 0 Å². The Morgan fingerprint density at radius 3 is 2.33 bits per heavy atom. The molecule has 2 fully saturated rings. The molecule has 2 aliphatic carbocycles. The number of amides is 1. The van der Waals surface area contributed by atoms with Gasteiger partial charge in [-0.25, -0.2) is 0 Å². The molecule has 0 aliphatic heterocycles. The molecule has 0 spiro atoms. The molecule has 2 atom stereocenters. The van der Waals surface area contributed by atoms with Gasteiger partial charge in [0, 0.05) is 25.0 Å². The van der Waals surface area contributed by atoms with Crippen molar-refractivity contribution in [2.45, 2.75) is 58.4 Å². The molecule has 0 saturated heterocycles. The molecule has 18 heavy (non-hydrogen) atoms. The second-order valence-corrected chi connectivity index (χ2v) is 6.11. The summed E-state index contributed by atoms with van der Waals surface area (Å²) in [5, 5.41) is 0. The summed E-state index contributed by atoms with van der Waals surface area (Å²) < 4.78 is 0. The molecule has 1 amide bonds. The topological polar surface area (TPSA) is 46.3 Å². The van der Waals surface area contributed by atoms with Crippen molar-refractivity contribution >= 4 is 5.91 Å². The van der Waals surface area contributed by atoms with Crippen molar-refractivity contribution in [1.82, 2.24) is 4.90 Å². The molecule has 0 aromatic carbocycles. The normalized spacial score (nSPS) is 35.3. The van der Waals surface area contributed by atoms with Gasteiger partial charge in [-0.1, -0.05) is 13.3 Å². The Bertz CT molecular complexity index is 278. The van der Waals surface area contributed by atoms with Crippen LogP contribution in [0.15, 0.2) is 0 Å². The van der Waals surface area contributed by atoms with Crippen molar-refractivity contribution in [2.24, 2.45) is 23.5 Å². The predicted octanol–water partition coefficient (Wildman–Crippen LogP) is 2.40. The smallest absolute Gasteiger partial charge is 0.225 e. The fourth-order valence-electron chi connectivity index (χ4n) is 3.94. The number of hydrogen-bond donors (Lipinski definition) is 1. The Labute approximate surface area is 111 Å². The van der Waals surface area contributed by atoms with E-state index in [9.17, 15) is 4.79 Å². The Balaban J connectivity index is 1.99. The zero-order valence-corrected chi connectivity index (χ0v) is 11.9. The molecule has 0 heterocycles. The molecule has 3 nitrogen and oxygen atoms in total. The van der Waals surface area contributed by atoms with Crippen molar-refractivity contribution in [1.29, 1.82) is 0 Å². The van der Waals surface area contributed by atoms with Gasteiger partial charge in [0.15, 0.2) is 0 Å². The molecule has 2 aliphatic rings. The minimum absolute atomic E-state index is 0.256. The highest BCUT2D eigenvalue weighted by molar-refractivity contribution is 5.79. The van der Waals surface area contributed by atoms with E-state index in [1.54, 1.807) is 0 Å². The van der Waals surface area contributed by atoms with Crippen LogP contribution in [-0.4, -0.2) is 29.9 Å². The van der Waals surface area contributed by atoms with Gasteiger partial charge in [0.2, 0.25) is 5.91 Å². The van der Waals surface area contributed by atoms with Crippen molar-refractivity contribution in [2.75, 3.05) is 13.1 Å². The Hall–Kier alpha value is -0.570. The van der Waals surface area contributed by atoms with E-state index in [4.69, 9.17) is 5.73 Å². The Morgan fingerprint density at radius 1 is 1.22 bits per heavy atom. The van der Waals surface area contributed by atoms with Crippen molar-refractivity contribution in [3.05, 3.63) is 0 Å². The van der Waals surface area contributed by atoms with E-state index < -0.39 is 0 Å². The third kappa shape index (κ3) is 2.71. The van der Waals surface area contributed by atoms with E-state index in [-0.39, 0.29) is 5.92 Å². The van der Waals surface area contributed by atoms with Crippen LogP contribution < -0.4 is 5.73 Å². The van der Waals surface area contributed by atoms with Gasteiger partial charge in [-0.15, -0.1) is 0 Å². The lowest BCUT2D eigenvalue weighted by Gasteiger charge is -2.44. The first-order chi connectivity index (χ1) is 8.67. The molecule has 0 aromatic rings. The fourth-order valence-corrected chi connectivity index (χ4v) is 3.94. The third-order valence-electron chi connectivity index (χ3n) is 4.95. The second kappa shape index (κ2) is 6.05. The van der Waals surface area contributed by atoms with Crippen LogP contribution in [0.4, 0.5) is 0 Å². The molecule has 2 saturated carbocycles. The zero-order chi connectivity index (χ0) is 13.1. The molecule has 0 radical (unpaired) electrons.